The first-order valence-electron chi connectivity index (χ1n) is 9.73. The van der Waals surface area contributed by atoms with E-state index in [1.54, 1.807) is 29.9 Å². The van der Waals surface area contributed by atoms with Gasteiger partial charge in [0, 0.05) is 0 Å². The number of nitrogens with zero attached hydrogens (tertiary/aromatic N) is 5. The van der Waals surface area contributed by atoms with Gasteiger partial charge in [0.25, 0.3) is 0 Å². The van der Waals surface area contributed by atoms with Gasteiger partial charge in [-0.1, -0.05) is 54.3 Å². The van der Waals surface area contributed by atoms with Crippen molar-refractivity contribution in [3.63, 3.8) is 0 Å². The molecule has 0 radical (unpaired) electrons. The molecular formula is C21H20N6O3S2. The summed E-state index contributed by atoms with van der Waals surface area (Å²) in [6.07, 6.45) is 0.763. The Morgan fingerprint density at radius 1 is 1.12 bits per heavy atom. The van der Waals surface area contributed by atoms with E-state index in [4.69, 9.17) is 4.74 Å². The number of methoxy groups -OCH3 is 1. The summed E-state index contributed by atoms with van der Waals surface area (Å²) in [6.45, 7) is 1.98. The van der Waals surface area contributed by atoms with Crippen LogP contribution in [0.15, 0.2) is 53.7 Å². The molecule has 0 spiro atoms. The maximum absolute atomic E-state index is 12.5. The molecule has 0 atom stereocenters. The number of phenols is 1. The quantitative estimate of drug-likeness (QED) is 0.375. The minimum absolute atomic E-state index is 0.0772. The van der Waals surface area contributed by atoms with Crippen LogP contribution in [-0.4, -0.2) is 48.8 Å². The number of benzene rings is 2. The Morgan fingerprint density at radius 2 is 1.91 bits per heavy atom. The monoisotopic (exact) mass is 468 g/mol. The summed E-state index contributed by atoms with van der Waals surface area (Å²) in [5, 5.41) is 31.5. The van der Waals surface area contributed by atoms with Crippen LogP contribution in [0, 0.1) is 0 Å². The zero-order valence-electron chi connectivity index (χ0n) is 17.3. The van der Waals surface area contributed by atoms with Crippen molar-refractivity contribution in [3.8, 4) is 28.6 Å². The van der Waals surface area contributed by atoms with Gasteiger partial charge in [0.2, 0.25) is 11.0 Å². The number of amides is 1. The predicted molar refractivity (Wildman–Crippen MR) is 124 cm³/mol. The van der Waals surface area contributed by atoms with Crippen LogP contribution in [0.5, 0.6) is 11.5 Å². The van der Waals surface area contributed by atoms with E-state index in [0.717, 1.165) is 11.4 Å². The third-order valence-corrected chi connectivity index (χ3v) is 6.36. The molecule has 0 unspecified atom stereocenters. The van der Waals surface area contributed by atoms with Crippen molar-refractivity contribution in [2.24, 2.45) is 0 Å². The van der Waals surface area contributed by atoms with Gasteiger partial charge in [0.1, 0.15) is 16.5 Å². The summed E-state index contributed by atoms with van der Waals surface area (Å²) >= 11 is 2.57. The Balaban J connectivity index is 1.65. The van der Waals surface area contributed by atoms with Crippen LogP contribution >= 0.6 is 23.1 Å². The number of carbonyl (C=O) groups is 1. The number of anilines is 1. The lowest BCUT2D eigenvalue weighted by Gasteiger charge is -2.14. The van der Waals surface area contributed by atoms with Gasteiger partial charge in [0.15, 0.2) is 11.0 Å². The smallest absolute Gasteiger partial charge is 0.236 e. The molecule has 164 valence electrons. The molecular weight excluding hydrogens is 448 g/mol. The first-order chi connectivity index (χ1) is 15.6. The molecule has 2 heterocycles. The summed E-state index contributed by atoms with van der Waals surface area (Å²) in [7, 11) is 1.58. The first-order valence-corrected chi connectivity index (χ1v) is 11.5. The fraction of sp³-hybridized carbons (Fsp3) is 0.190. The van der Waals surface area contributed by atoms with Gasteiger partial charge in [-0.3, -0.25) is 14.7 Å². The van der Waals surface area contributed by atoms with Crippen LogP contribution in [-0.2, 0) is 11.2 Å². The third-order valence-electron chi connectivity index (χ3n) is 4.45. The normalized spacial score (nSPS) is 10.8. The lowest BCUT2D eigenvalue weighted by atomic mass is 10.2. The van der Waals surface area contributed by atoms with Crippen molar-refractivity contribution in [1.29, 1.82) is 0 Å². The van der Waals surface area contributed by atoms with Crippen LogP contribution in [0.2, 0.25) is 0 Å². The van der Waals surface area contributed by atoms with Crippen molar-refractivity contribution < 1.29 is 14.6 Å². The average molecular weight is 469 g/mol. The van der Waals surface area contributed by atoms with E-state index in [-0.39, 0.29) is 17.4 Å². The zero-order chi connectivity index (χ0) is 22.5. The number of para-hydroxylation sites is 3. The van der Waals surface area contributed by atoms with Crippen LogP contribution in [0.4, 0.5) is 5.13 Å². The molecule has 0 bridgehead atoms. The van der Waals surface area contributed by atoms with Gasteiger partial charge >= 0.3 is 0 Å². The number of rotatable bonds is 8. The van der Waals surface area contributed by atoms with Crippen LogP contribution in [0.1, 0.15) is 11.9 Å². The summed E-state index contributed by atoms with van der Waals surface area (Å²) in [4.78, 5) is 12.5. The standard InChI is InChI=1S/C21H20N6O3S2/c1-3-18-23-25-20(32-18)22-17(29)12-31-21-26-24-19(13-8-4-6-10-15(13)28)27(21)14-9-5-7-11-16(14)30-2/h4-11,28H,3,12H2,1-2H3,(H,22,25,29). The Morgan fingerprint density at radius 3 is 2.66 bits per heavy atom. The number of phenolic OH excluding ortho intramolecular Hbond substituents is 1. The predicted octanol–water partition coefficient (Wildman–Crippen LogP) is 3.79. The summed E-state index contributed by atoms with van der Waals surface area (Å²) in [5.74, 6) is 0.985. The Labute approximate surface area is 192 Å². The second kappa shape index (κ2) is 9.79. The average Bonchev–Trinajstić information content (AvgIpc) is 3.44. The first kappa shape index (κ1) is 21.8. The second-order valence-electron chi connectivity index (χ2n) is 6.52. The molecule has 0 aliphatic heterocycles. The number of aromatic hydroxyl groups is 1. The maximum Gasteiger partial charge on any atom is 0.236 e. The highest BCUT2D eigenvalue weighted by atomic mass is 32.2. The molecule has 4 aromatic rings. The van der Waals surface area contributed by atoms with E-state index in [1.807, 2.05) is 37.3 Å². The van der Waals surface area contributed by atoms with Gasteiger partial charge in [-0.15, -0.1) is 20.4 Å². The minimum atomic E-state index is -0.229. The molecule has 1 amide bonds. The topological polar surface area (TPSA) is 115 Å². The molecule has 0 aliphatic rings. The molecule has 11 heteroatoms. The number of thioether (sulfide) groups is 1. The van der Waals surface area contributed by atoms with Crippen LogP contribution in [0.3, 0.4) is 0 Å². The Hall–Kier alpha value is -3.44. The maximum atomic E-state index is 12.5. The molecule has 2 N–H and O–H groups in total. The minimum Gasteiger partial charge on any atom is -0.507 e. The fourth-order valence-electron chi connectivity index (χ4n) is 2.96. The SMILES string of the molecule is CCc1nnc(NC(=O)CSc2nnc(-c3ccccc3O)n2-c2ccccc2OC)s1. The molecule has 0 saturated carbocycles. The van der Waals surface area contributed by atoms with Gasteiger partial charge < -0.3 is 9.84 Å². The van der Waals surface area contributed by atoms with E-state index in [9.17, 15) is 9.90 Å². The van der Waals surface area contributed by atoms with Crippen LogP contribution < -0.4 is 10.1 Å². The van der Waals surface area contributed by atoms with Crippen molar-refractivity contribution in [1.82, 2.24) is 25.0 Å². The van der Waals surface area contributed by atoms with Crippen molar-refractivity contribution in [2.75, 3.05) is 18.2 Å². The lowest BCUT2D eigenvalue weighted by molar-refractivity contribution is -0.113. The lowest BCUT2D eigenvalue weighted by Crippen LogP contribution is -2.14. The van der Waals surface area contributed by atoms with Crippen molar-refractivity contribution in [2.45, 2.75) is 18.5 Å². The van der Waals surface area contributed by atoms with Gasteiger partial charge in [-0.2, -0.15) is 0 Å². The van der Waals surface area contributed by atoms with Crippen LogP contribution in [0.25, 0.3) is 17.1 Å². The highest BCUT2D eigenvalue weighted by Crippen LogP contribution is 2.35. The number of hydrogen-bond donors (Lipinski definition) is 2. The molecule has 0 saturated heterocycles. The Kier molecular flexibility index (Phi) is 6.66. The molecule has 0 fully saturated rings. The summed E-state index contributed by atoms with van der Waals surface area (Å²) in [6, 6.07) is 14.3. The van der Waals surface area contributed by atoms with E-state index >= 15 is 0 Å². The number of hydrogen-bond acceptors (Lipinski definition) is 9. The number of nitrogens with one attached hydrogen (secondary N) is 1. The highest BCUT2D eigenvalue weighted by molar-refractivity contribution is 7.99. The van der Waals surface area contributed by atoms with E-state index < -0.39 is 0 Å². The van der Waals surface area contributed by atoms with E-state index in [1.165, 1.54) is 23.1 Å². The van der Waals surface area contributed by atoms with E-state index in [0.29, 0.717) is 33.1 Å². The van der Waals surface area contributed by atoms with E-state index in [2.05, 4.69) is 25.7 Å². The number of carbonyl (C=O) groups excluding carboxylic acids is 1. The zero-order valence-corrected chi connectivity index (χ0v) is 19.0. The molecule has 9 nitrogen and oxygen atoms in total. The molecule has 32 heavy (non-hydrogen) atoms. The fourth-order valence-corrected chi connectivity index (χ4v) is 4.41. The second-order valence-corrected chi connectivity index (χ2v) is 8.53. The molecule has 2 aromatic carbocycles. The third kappa shape index (κ3) is 4.58. The van der Waals surface area contributed by atoms with Crippen molar-refractivity contribution >= 4 is 34.1 Å². The van der Waals surface area contributed by atoms with Crippen molar-refractivity contribution in [3.05, 3.63) is 53.5 Å². The van der Waals surface area contributed by atoms with Gasteiger partial charge in [-0.05, 0) is 30.7 Å². The summed E-state index contributed by atoms with van der Waals surface area (Å²) in [5.41, 5.74) is 1.21. The number of aryl methyl sites for hydroxylation is 1. The molecule has 2 aromatic heterocycles. The highest BCUT2D eigenvalue weighted by Gasteiger charge is 2.21. The molecule has 4 rings (SSSR count). The molecule has 0 aliphatic carbocycles. The number of ether oxygens (including phenoxy) is 1. The number of aromatic nitrogens is 5. The van der Waals surface area contributed by atoms with Gasteiger partial charge in [0.05, 0.1) is 24.1 Å². The summed E-state index contributed by atoms with van der Waals surface area (Å²) < 4.78 is 7.29. The largest absolute Gasteiger partial charge is 0.507 e. The van der Waals surface area contributed by atoms with Gasteiger partial charge in [-0.25, -0.2) is 0 Å². The Bertz CT molecular complexity index is 1240.